The Morgan fingerprint density at radius 1 is 1.26 bits per heavy atom. The van der Waals surface area contributed by atoms with Crippen LogP contribution in [-0.2, 0) is 11.3 Å². The van der Waals surface area contributed by atoms with Gasteiger partial charge in [0.25, 0.3) is 5.91 Å². The largest absolute Gasteiger partial charge is 0.573 e. The van der Waals surface area contributed by atoms with E-state index in [2.05, 4.69) is 10.1 Å². The predicted octanol–water partition coefficient (Wildman–Crippen LogP) is 2.68. The van der Waals surface area contributed by atoms with E-state index >= 15 is 0 Å². The molecule has 2 aromatic rings. The Bertz CT molecular complexity index is 1090. The van der Waals surface area contributed by atoms with Crippen molar-refractivity contribution < 1.29 is 41.9 Å². The maximum Gasteiger partial charge on any atom is 0.573 e. The molecule has 2 N–H and O–H groups in total. The molecule has 0 aromatic heterocycles. The normalized spacial score (nSPS) is 14.7. The van der Waals surface area contributed by atoms with Crippen LogP contribution in [0.25, 0.3) is 0 Å². The second-order valence-corrected chi connectivity index (χ2v) is 8.05. The van der Waals surface area contributed by atoms with Crippen molar-refractivity contribution in [3.05, 3.63) is 47.5 Å². The molecule has 8 nitrogen and oxygen atoms in total. The molecular formula is C22H22BF3N2O6. The second-order valence-electron chi connectivity index (χ2n) is 8.05. The van der Waals surface area contributed by atoms with Gasteiger partial charge in [-0.15, -0.1) is 13.2 Å². The number of hydrogen-bond acceptors (Lipinski definition) is 7. The summed E-state index contributed by atoms with van der Waals surface area (Å²) in [4.78, 5) is 12.6. The minimum absolute atomic E-state index is 0.0256. The van der Waals surface area contributed by atoms with Gasteiger partial charge < -0.3 is 29.2 Å². The van der Waals surface area contributed by atoms with Gasteiger partial charge in [0.15, 0.2) is 17.0 Å². The van der Waals surface area contributed by atoms with E-state index in [0.717, 1.165) is 29.8 Å². The van der Waals surface area contributed by atoms with Gasteiger partial charge in [0.2, 0.25) is 0 Å². The molecule has 3 rings (SSSR count). The van der Waals surface area contributed by atoms with Crippen LogP contribution in [0.5, 0.6) is 17.2 Å². The van der Waals surface area contributed by atoms with Crippen molar-refractivity contribution in [3.63, 3.8) is 0 Å². The Balaban J connectivity index is 1.73. The van der Waals surface area contributed by atoms with Gasteiger partial charge in [0, 0.05) is 11.0 Å². The highest BCUT2D eigenvalue weighted by Gasteiger charge is 2.35. The molecule has 1 atom stereocenters. The van der Waals surface area contributed by atoms with Crippen LogP contribution < -0.4 is 25.0 Å². The van der Waals surface area contributed by atoms with E-state index in [1.165, 1.54) is 6.92 Å². The van der Waals surface area contributed by atoms with E-state index in [4.69, 9.17) is 14.1 Å². The van der Waals surface area contributed by atoms with Crippen LogP contribution >= 0.6 is 0 Å². The third kappa shape index (κ3) is 6.12. The number of nitriles is 1. The highest BCUT2D eigenvalue weighted by Crippen LogP contribution is 2.31. The summed E-state index contributed by atoms with van der Waals surface area (Å²) in [6.45, 7) is 4.96. The van der Waals surface area contributed by atoms with Crippen molar-refractivity contribution in [2.24, 2.45) is 0 Å². The van der Waals surface area contributed by atoms with Gasteiger partial charge in [-0.2, -0.15) is 5.26 Å². The fourth-order valence-corrected chi connectivity index (χ4v) is 3.19. The van der Waals surface area contributed by atoms with Crippen molar-refractivity contribution in [2.75, 3.05) is 6.61 Å². The third-order valence-corrected chi connectivity index (χ3v) is 4.75. The molecule has 0 fully saturated rings. The van der Waals surface area contributed by atoms with Crippen LogP contribution in [0.2, 0.25) is 0 Å². The fourth-order valence-electron chi connectivity index (χ4n) is 3.19. The van der Waals surface area contributed by atoms with Crippen LogP contribution in [-0.4, -0.2) is 42.7 Å². The molecule has 0 radical (unpaired) electrons. The SMILES string of the molecule is CC(C)Oc1c(OCC(C)(C#N)NC(=O)c2ccc(OC(F)(F)F)cc2)ccc2c1B(O)OC2. The van der Waals surface area contributed by atoms with E-state index in [0.29, 0.717) is 5.46 Å². The molecule has 12 heteroatoms. The Morgan fingerprint density at radius 3 is 2.53 bits per heavy atom. The Kier molecular flexibility index (Phi) is 7.28. The predicted molar refractivity (Wildman–Crippen MR) is 115 cm³/mol. The highest BCUT2D eigenvalue weighted by molar-refractivity contribution is 6.62. The zero-order chi connectivity index (χ0) is 25.1. The van der Waals surface area contributed by atoms with Gasteiger partial charge in [-0.1, -0.05) is 6.07 Å². The summed E-state index contributed by atoms with van der Waals surface area (Å²) in [5, 5.41) is 22.3. The first-order valence-electron chi connectivity index (χ1n) is 10.3. The summed E-state index contributed by atoms with van der Waals surface area (Å²) in [7, 11) is -1.18. The molecule has 1 aliphatic rings. The zero-order valence-electron chi connectivity index (χ0n) is 18.6. The zero-order valence-corrected chi connectivity index (χ0v) is 18.6. The number of fused-ring (bicyclic) bond motifs is 1. The van der Waals surface area contributed by atoms with Crippen LogP contribution in [0.3, 0.4) is 0 Å². The van der Waals surface area contributed by atoms with Crippen molar-refractivity contribution in [3.8, 4) is 23.3 Å². The first-order chi connectivity index (χ1) is 15.9. The fraction of sp³-hybridized carbons (Fsp3) is 0.364. The lowest BCUT2D eigenvalue weighted by molar-refractivity contribution is -0.274. The lowest BCUT2D eigenvalue weighted by Crippen LogP contribution is -2.49. The van der Waals surface area contributed by atoms with E-state index in [1.54, 1.807) is 26.0 Å². The maximum atomic E-state index is 12.6. The summed E-state index contributed by atoms with van der Waals surface area (Å²) in [5.74, 6) is -0.635. The molecule has 0 saturated carbocycles. The molecule has 2 aromatic carbocycles. The number of carbonyl (C=O) groups is 1. The average molecular weight is 478 g/mol. The maximum absolute atomic E-state index is 12.6. The molecule has 0 aliphatic carbocycles. The second kappa shape index (κ2) is 9.83. The minimum atomic E-state index is -4.85. The summed E-state index contributed by atoms with van der Waals surface area (Å²) in [6, 6.07) is 9.58. The standard InChI is InChI=1S/C22H22BF3N2O6/c1-13(2)33-19-17(9-6-15-10-32-23(30)18(15)19)31-12-21(3,11-27)28-20(29)14-4-7-16(8-5-14)34-22(24,25)26/h4-9,13,30H,10,12H2,1-3H3,(H,28,29). The number of amides is 1. The van der Waals surface area contributed by atoms with E-state index in [-0.39, 0.29) is 36.4 Å². The number of nitrogens with zero attached hydrogens (tertiary/aromatic N) is 1. The van der Waals surface area contributed by atoms with Crippen LogP contribution in [0, 0.1) is 11.3 Å². The minimum Gasteiger partial charge on any atom is -0.487 e. The van der Waals surface area contributed by atoms with E-state index < -0.39 is 30.7 Å². The number of rotatable bonds is 8. The quantitative estimate of drug-likeness (QED) is 0.562. The van der Waals surface area contributed by atoms with Crippen molar-refractivity contribution in [2.45, 2.75) is 45.4 Å². The third-order valence-electron chi connectivity index (χ3n) is 4.75. The lowest BCUT2D eigenvalue weighted by atomic mass is 9.78. The molecule has 0 bridgehead atoms. The molecular weight excluding hydrogens is 456 g/mol. The number of carbonyl (C=O) groups excluding carboxylic acids is 1. The molecule has 1 unspecified atom stereocenters. The number of benzene rings is 2. The number of ether oxygens (including phenoxy) is 3. The van der Waals surface area contributed by atoms with Gasteiger partial charge in [0.1, 0.15) is 12.4 Å². The highest BCUT2D eigenvalue weighted by atomic mass is 19.4. The molecule has 1 heterocycles. The molecule has 180 valence electrons. The number of halogens is 3. The Labute approximate surface area is 194 Å². The van der Waals surface area contributed by atoms with Gasteiger partial charge in [-0.3, -0.25) is 4.79 Å². The molecule has 34 heavy (non-hydrogen) atoms. The van der Waals surface area contributed by atoms with Gasteiger partial charge in [-0.05, 0) is 56.7 Å². The smallest absolute Gasteiger partial charge is 0.487 e. The number of nitrogens with one attached hydrogen (secondary N) is 1. The molecule has 1 amide bonds. The number of alkyl halides is 3. The monoisotopic (exact) mass is 478 g/mol. The summed E-state index contributed by atoms with van der Waals surface area (Å²) in [5.41, 5.74) is -0.293. The summed E-state index contributed by atoms with van der Waals surface area (Å²) in [6.07, 6.45) is -5.09. The van der Waals surface area contributed by atoms with E-state index in [1.807, 2.05) is 6.07 Å². The van der Waals surface area contributed by atoms with Crippen molar-refractivity contribution >= 4 is 18.5 Å². The van der Waals surface area contributed by atoms with E-state index in [9.17, 15) is 28.3 Å². The molecule has 0 saturated heterocycles. The van der Waals surface area contributed by atoms with Gasteiger partial charge in [-0.25, -0.2) is 0 Å². The summed E-state index contributed by atoms with van der Waals surface area (Å²) < 4.78 is 57.6. The topological polar surface area (TPSA) is 110 Å². The van der Waals surface area contributed by atoms with Crippen LogP contribution in [0.15, 0.2) is 36.4 Å². The summed E-state index contributed by atoms with van der Waals surface area (Å²) >= 11 is 0. The molecule has 1 aliphatic heterocycles. The van der Waals surface area contributed by atoms with Gasteiger partial charge >= 0.3 is 13.5 Å². The first kappa shape index (κ1) is 25.2. The Morgan fingerprint density at radius 2 is 1.94 bits per heavy atom. The average Bonchev–Trinajstić information content (AvgIpc) is 3.13. The lowest BCUT2D eigenvalue weighted by Gasteiger charge is -2.25. The molecule has 0 spiro atoms. The van der Waals surface area contributed by atoms with Crippen molar-refractivity contribution in [1.29, 1.82) is 5.26 Å². The Hall–Kier alpha value is -3.43. The van der Waals surface area contributed by atoms with Crippen molar-refractivity contribution in [1.82, 2.24) is 5.32 Å². The number of hydrogen-bond donors (Lipinski definition) is 2. The van der Waals surface area contributed by atoms with Gasteiger partial charge in [0.05, 0.1) is 18.8 Å². The van der Waals surface area contributed by atoms with Crippen LogP contribution in [0.1, 0.15) is 36.7 Å². The van der Waals surface area contributed by atoms with Crippen LogP contribution in [0.4, 0.5) is 13.2 Å². The first-order valence-corrected chi connectivity index (χ1v) is 10.3.